The number of nitrogens with zero attached hydrogens (tertiary/aromatic N) is 5. The first kappa shape index (κ1) is 15.6. The molecule has 3 rings (SSSR count). The average Bonchev–Trinajstić information content (AvgIpc) is 3.17. The van der Waals surface area contributed by atoms with Crippen molar-refractivity contribution in [3.63, 3.8) is 0 Å². The minimum Gasteiger partial charge on any atom is -0.375 e. The van der Waals surface area contributed by atoms with Crippen LogP contribution in [0.1, 0.15) is 12.1 Å². The first-order valence-electron chi connectivity index (χ1n) is 7.73. The molecular weight excluding hydrogens is 294 g/mol. The lowest BCUT2D eigenvalue weighted by Crippen LogP contribution is -2.31. The van der Waals surface area contributed by atoms with E-state index in [9.17, 15) is 4.79 Å². The standard InChI is InChI=1S/C16H21N5O2/c1-20-15(3-5-18-20)14-9-17-8-13(19-14)7-12-4-6-21(10-12)16(22)11-23-2/h3,5,8-9,12H,4,6-7,10-11H2,1-2H3/t12-/m1/s1. The minimum absolute atomic E-state index is 0.0599. The van der Waals surface area contributed by atoms with Gasteiger partial charge in [0.1, 0.15) is 12.3 Å². The second-order valence-electron chi connectivity index (χ2n) is 5.87. The van der Waals surface area contributed by atoms with Crippen molar-refractivity contribution in [2.75, 3.05) is 26.8 Å². The van der Waals surface area contributed by atoms with Crippen LogP contribution in [0.15, 0.2) is 24.7 Å². The number of carbonyl (C=O) groups is 1. The van der Waals surface area contributed by atoms with Crippen molar-refractivity contribution < 1.29 is 9.53 Å². The summed E-state index contributed by atoms with van der Waals surface area (Å²) in [7, 11) is 3.44. The van der Waals surface area contributed by atoms with Crippen LogP contribution in [0, 0.1) is 5.92 Å². The van der Waals surface area contributed by atoms with Crippen LogP contribution in [0.2, 0.25) is 0 Å². The maximum atomic E-state index is 11.9. The Morgan fingerprint density at radius 3 is 3.04 bits per heavy atom. The van der Waals surface area contributed by atoms with Gasteiger partial charge in [-0.2, -0.15) is 5.10 Å². The Balaban J connectivity index is 1.65. The van der Waals surface area contributed by atoms with Crippen molar-refractivity contribution in [2.24, 2.45) is 13.0 Å². The Bertz CT molecular complexity index is 685. The number of aryl methyl sites for hydroxylation is 1. The molecular formula is C16H21N5O2. The Labute approximate surface area is 135 Å². The van der Waals surface area contributed by atoms with Crippen LogP contribution in [0.25, 0.3) is 11.4 Å². The van der Waals surface area contributed by atoms with Gasteiger partial charge in [0.2, 0.25) is 5.91 Å². The van der Waals surface area contributed by atoms with Gasteiger partial charge < -0.3 is 9.64 Å². The van der Waals surface area contributed by atoms with Crippen LogP contribution in [-0.2, 0) is 23.0 Å². The highest BCUT2D eigenvalue weighted by atomic mass is 16.5. The molecule has 3 heterocycles. The molecule has 0 unspecified atom stereocenters. The van der Waals surface area contributed by atoms with E-state index in [-0.39, 0.29) is 12.5 Å². The quantitative estimate of drug-likeness (QED) is 0.820. The summed E-state index contributed by atoms with van der Waals surface area (Å²) < 4.78 is 6.70. The first-order chi connectivity index (χ1) is 11.2. The highest BCUT2D eigenvalue weighted by Crippen LogP contribution is 2.21. The Morgan fingerprint density at radius 1 is 1.43 bits per heavy atom. The fourth-order valence-corrected chi connectivity index (χ4v) is 2.99. The highest BCUT2D eigenvalue weighted by Gasteiger charge is 2.26. The molecule has 0 N–H and O–H groups in total. The largest absolute Gasteiger partial charge is 0.375 e. The van der Waals surface area contributed by atoms with Gasteiger partial charge in [-0.15, -0.1) is 0 Å². The average molecular weight is 315 g/mol. The van der Waals surface area contributed by atoms with Gasteiger partial charge in [0.15, 0.2) is 0 Å². The summed E-state index contributed by atoms with van der Waals surface area (Å²) in [6, 6.07) is 1.93. The zero-order chi connectivity index (χ0) is 16.2. The second-order valence-corrected chi connectivity index (χ2v) is 5.87. The van der Waals surface area contributed by atoms with Crippen molar-refractivity contribution in [3.8, 4) is 11.4 Å². The number of ether oxygens (including phenoxy) is 1. The number of hydrogen-bond acceptors (Lipinski definition) is 5. The number of rotatable bonds is 5. The van der Waals surface area contributed by atoms with Gasteiger partial charge in [-0.05, 0) is 24.8 Å². The van der Waals surface area contributed by atoms with E-state index >= 15 is 0 Å². The number of likely N-dealkylation sites (tertiary alicyclic amines) is 1. The molecule has 23 heavy (non-hydrogen) atoms. The van der Waals surface area contributed by atoms with Gasteiger partial charge >= 0.3 is 0 Å². The third-order valence-electron chi connectivity index (χ3n) is 4.17. The molecule has 1 atom stereocenters. The molecule has 0 bridgehead atoms. The topological polar surface area (TPSA) is 73.1 Å². The van der Waals surface area contributed by atoms with Crippen molar-refractivity contribution in [1.82, 2.24) is 24.6 Å². The number of amides is 1. The van der Waals surface area contributed by atoms with Gasteiger partial charge in [0, 0.05) is 39.6 Å². The number of hydrogen-bond donors (Lipinski definition) is 0. The van der Waals surface area contributed by atoms with Crippen molar-refractivity contribution >= 4 is 5.91 Å². The maximum Gasteiger partial charge on any atom is 0.248 e. The van der Waals surface area contributed by atoms with Crippen LogP contribution in [-0.4, -0.2) is 57.4 Å². The van der Waals surface area contributed by atoms with Crippen LogP contribution in [0.4, 0.5) is 0 Å². The van der Waals surface area contributed by atoms with E-state index in [1.807, 2.05) is 18.0 Å². The third kappa shape index (κ3) is 3.56. The molecule has 7 heteroatoms. The molecule has 0 saturated carbocycles. The lowest BCUT2D eigenvalue weighted by Gasteiger charge is -2.15. The molecule has 122 valence electrons. The molecule has 1 aliphatic heterocycles. The summed E-state index contributed by atoms with van der Waals surface area (Å²) in [5, 5.41) is 4.17. The molecule has 1 aliphatic rings. The molecule has 2 aromatic rings. The van der Waals surface area contributed by atoms with E-state index in [0.29, 0.717) is 5.92 Å². The summed E-state index contributed by atoms with van der Waals surface area (Å²) in [4.78, 5) is 22.7. The third-order valence-corrected chi connectivity index (χ3v) is 4.17. The molecule has 1 amide bonds. The molecule has 1 fully saturated rings. The summed E-state index contributed by atoms with van der Waals surface area (Å²) in [5.74, 6) is 0.483. The molecule has 7 nitrogen and oxygen atoms in total. The fourth-order valence-electron chi connectivity index (χ4n) is 2.99. The zero-order valence-electron chi connectivity index (χ0n) is 13.5. The highest BCUT2D eigenvalue weighted by molar-refractivity contribution is 5.77. The van der Waals surface area contributed by atoms with Crippen molar-refractivity contribution in [2.45, 2.75) is 12.8 Å². The summed E-state index contributed by atoms with van der Waals surface area (Å²) >= 11 is 0. The SMILES string of the molecule is COCC(=O)N1CC[C@H](Cc2cncc(-c3ccnn3C)n2)C1. The molecule has 0 radical (unpaired) electrons. The molecule has 1 saturated heterocycles. The second kappa shape index (κ2) is 6.87. The molecule has 0 spiro atoms. The number of methoxy groups -OCH3 is 1. The van der Waals surface area contributed by atoms with E-state index in [1.54, 1.807) is 30.4 Å². The Morgan fingerprint density at radius 2 is 2.30 bits per heavy atom. The lowest BCUT2D eigenvalue weighted by molar-refractivity contribution is -0.134. The zero-order valence-corrected chi connectivity index (χ0v) is 13.5. The van der Waals surface area contributed by atoms with Crippen molar-refractivity contribution in [3.05, 3.63) is 30.4 Å². The van der Waals surface area contributed by atoms with E-state index < -0.39 is 0 Å². The predicted octanol–water partition coefficient (Wildman–Crippen LogP) is 0.914. The summed E-state index contributed by atoms with van der Waals surface area (Å²) in [5.41, 5.74) is 2.73. The van der Waals surface area contributed by atoms with Crippen molar-refractivity contribution in [1.29, 1.82) is 0 Å². The van der Waals surface area contributed by atoms with Crippen LogP contribution < -0.4 is 0 Å². The van der Waals surface area contributed by atoms with Gasteiger partial charge in [-0.1, -0.05) is 0 Å². The fraction of sp³-hybridized carbons (Fsp3) is 0.500. The van der Waals surface area contributed by atoms with Gasteiger partial charge in [-0.25, -0.2) is 4.98 Å². The van der Waals surface area contributed by atoms with Gasteiger partial charge in [0.25, 0.3) is 0 Å². The van der Waals surface area contributed by atoms with E-state index in [4.69, 9.17) is 9.72 Å². The monoisotopic (exact) mass is 315 g/mol. The lowest BCUT2D eigenvalue weighted by atomic mass is 10.0. The molecule has 2 aromatic heterocycles. The predicted molar refractivity (Wildman–Crippen MR) is 84.5 cm³/mol. The maximum absolute atomic E-state index is 11.9. The Kier molecular flexibility index (Phi) is 4.66. The smallest absolute Gasteiger partial charge is 0.248 e. The van der Waals surface area contributed by atoms with Gasteiger partial charge in [-0.3, -0.25) is 14.5 Å². The van der Waals surface area contributed by atoms with E-state index in [0.717, 1.165) is 43.0 Å². The summed E-state index contributed by atoms with van der Waals surface area (Å²) in [6.45, 7) is 1.71. The van der Waals surface area contributed by atoms with Gasteiger partial charge in [0.05, 0.1) is 17.6 Å². The van der Waals surface area contributed by atoms with E-state index in [2.05, 4.69) is 10.1 Å². The van der Waals surface area contributed by atoms with Crippen LogP contribution in [0.5, 0.6) is 0 Å². The number of carbonyl (C=O) groups excluding carboxylic acids is 1. The molecule has 0 aliphatic carbocycles. The normalized spacial score (nSPS) is 17.7. The van der Waals surface area contributed by atoms with Crippen LogP contribution in [0.3, 0.4) is 0 Å². The first-order valence-corrected chi connectivity index (χ1v) is 7.73. The summed E-state index contributed by atoms with van der Waals surface area (Å²) in [6.07, 6.45) is 7.13. The van der Waals surface area contributed by atoms with E-state index in [1.165, 1.54) is 0 Å². The minimum atomic E-state index is 0.0599. The number of aromatic nitrogens is 4. The molecule has 0 aromatic carbocycles. The van der Waals surface area contributed by atoms with Crippen LogP contribution >= 0.6 is 0 Å². The Hall–Kier alpha value is -2.28.